The molecule has 6 heteroatoms. The molecule has 1 atom stereocenters. The summed E-state index contributed by atoms with van der Waals surface area (Å²) in [5, 5.41) is 2.82. The Hall–Kier alpha value is -1.98. The number of nitrogens with zero attached hydrogens (tertiary/aromatic N) is 1. The quantitative estimate of drug-likeness (QED) is 0.905. The van der Waals surface area contributed by atoms with Gasteiger partial charge in [-0.3, -0.25) is 9.59 Å². The number of hydrogen-bond donors (Lipinski definition) is 1. The van der Waals surface area contributed by atoms with Crippen LogP contribution in [0.2, 0.25) is 0 Å². The Balaban J connectivity index is 1.82. The highest BCUT2D eigenvalue weighted by Crippen LogP contribution is 2.36. The molecule has 1 unspecified atom stereocenters. The molecule has 118 valence electrons. The van der Waals surface area contributed by atoms with E-state index in [-0.39, 0.29) is 23.8 Å². The van der Waals surface area contributed by atoms with Gasteiger partial charge < -0.3 is 10.2 Å². The first-order valence-corrected chi connectivity index (χ1v) is 7.56. The van der Waals surface area contributed by atoms with Gasteiger partial charge in [0.1, 0.15) is 5.54 Å². The highest BCUT2D eigenvalue weighted by molar-refractivity contribution is 5.93. The van der Waals surface area contributed by atoms with Gasteiger partial charge in [-0.05, 0) is 31.7 Å². The summed E-state index contributed by atoms with van der Waals surface area (Å²) in [5.74, 6) is -2.39. The molecule has 2 heterocycles. The van der Waals surface area contributed by atoms with Crippen LogP contribution in [0.1, 0.15) is 31.2 Å². The summed E-state index contributed by atoms with van der Waals surface area (Å²) in [6.45, 7) is 1.12. The second-order valence-electron chi connectivity index (χ2n) is 5.93. The maximum atomic E-state index is 13.7. The normalized spacial score (nSPS) is 24.6. The zero-order chi connectivity index (χ0) is 15.7. The van der Waals surface area contributed by atoms with Gasteiger partial charge in [0.25, 0.3) is 0 Å². The summed E-state index contributed by atoms with van der Waals surface area (Å²) in [7, 11) is 0. The van der Waals surface area contributed by atoms with Crippen LogP contribution in [0.25, 0.3) is 0 Å². The lowest BCUT2D eigenvalue weighted by molar-refractivity contribution is -0.146. The summed E-state index contributed by atoms with van der Waals surface area (Å²) >= 11 is 0. The van der Waals surface area contributed by atoms with Gasteiger partial charge in [0, 0.05) is 18.7 Å². The number of piperidine rings is 1. The van der Waals surface area contributed by atoms with E-state index in [1.165, 1.54) is 12.1 Å². The van der Waals surface area contributed by atoms with Crippen LogP contribution in [0.4, 0.5) is 8.78 Å². The molecule has 2 aliphatic rings. The Bertz CT molecular complexity index is 620. The molecule has 2 fully saturated rings. The molecule has 0 aliphatic carbocycles. The molecule has 0 aromatic heterocycles. The number of halogens is 2. The molecule has 1 N–H and O–H groups in total. The Morgan fingerprint density at radius 1 is 1.27 bits per heavy atom. The van der Waals surface area contributed by atoms with Crippen LogP contribution in [0, 0.1) is 11.6 Å². The molecule has 0 saturated carbocycles. The molecule has 2 aliphatic heterocycles. The largest absolute Gasteiger partial charge is 0.354 e. The SMILES string of the molecule is O=C(Cc1cccc(F)c1F)N1CCCC12CCCNC2=O. The van der Waals surface area contributed by atoms with E-state index in [0.717, 1.165) is 18.9 Å². The summed E-state index contributed by atoms with van der Waals surface area (Å²) in [6, 6.07) is 3.81. The van der Waals surface area contributed by atoms with Crippen LogP contribution >= 0.6 is 0 Å². The minimum Gasteiger partial charge on any atom is -0.354 e. The van der Waals surface area contributed by atoms with Gasteiger partial charge in [0.15, 0.2) is 11.6 Å². The number of carbonyl (C=O) groups excluding carboxylic acids is 2. The van der Waals surface area contributed by atoms with Crippen molar-refractivity contribution in [3.63, 3.8) is 0 Å². The predicted molar refractivity (Wildman–Crippen MR) is 76.0 cm³/mol. The first kappa shape index (κ1) is 14.9. The predicted octanol–water partition coefficient (Wildman–Crippen LogP) is 1.78. The summed E-state index contributed by atoms with van der Waals surface area (Å²) < 4.78 is 27.0. The van der Waals surface area contributed by atoms with Crippen molar-refractivity contribution in [2.75, 3.05) is 13.1 Å². The zero-order valence-corrected chi connectivity index (χ0v) is 12.2. The second kappa shape index (κ2) is 5.66. The van der Waals surface area contributed by atoms with Gasteiger partial charge >= 0.3 is 0 Å². The van der Waals surface area contributed by atoms with E-state index in [9.17, 15) is 18.4 Å². The van der Waals surface area contributed by atoms with Crippen molar-refractivity contribution < 1.29 is 18.4 Å². The van der Waals surface area contributed by atoms with Crippen LogP contribution in [0.15, 0.2) is 18.2 Å². The number of rotatable bonds is 2. The lowest BCUT2D eigenvalue weighted by atomic mass is 9.86. The molecular weight excluding hydrogens is 290 g/mol. The van der Waals surface area contributed by atoms with Gasteiger partial charge in [-0.1, -0.05) is 12.1 Å². The van der Waals surface area contributed by atoms with Crippen LogP contribution < -0.4 is 5.32 Å². The third-order valence-corrected chi connectivity index (χ3v) is 4.64. The summed E-state index contributed by atoms with van der Waals surface area (Å²) in [4.78, 5) is 26.4. The molecule has 1 spiro atoms. The first-order valence-electron chi connectivity index (χ1n) is 7.56. The van der Waals surface area contributed by atoms with Crippen molar-refractivity contribution in [1.29, 1.82) is 0 Å². The second-order valence-corrected chi connectivity index (χ2v) is 5.93. The average Bonchev–Trinajstić information content (AvgIpc) is 2.92. The monoisotopic (exact) mass is 308 g/mol. The third-order valence-electron chi connectivity index (χ3n) is 4.64. The summed E-state index contributed by atoms with van der Waals surface area (Å²) in [5.41, 5.74) is -0.762. The van der Waals surface area contributed by atoms with E-state index in [1.54, 1.807) is 4.90 Å². The van der Waals surface area contributed by atoms with Crippen molar-refractivity contribution in [3.05, 3.63) is 35.4 Å². The molecule has 1 aromatic rings. The molecule has 1 aromatic carbocycles. The van der Waals surface area contributed by atoms with E-state index >= 15 is 0 Å². The van der Waals surface area contributed by atoms with Crippen molar-refractivity contribution in [2.45, 2.75) is 37.6 Å². The molecule has 2 amide bonds. The smallest absolute Gasteiger partial charge is 0.245 e. The Kier molecular flexibility index (Phi) is 3.85. The van der Waals surface area contributed by atoms with E-state index < -0.39 is 17.2 Å². The zero-order valence-electron chi connectivity index (χ0n) is 12.2. The Labute approximate surface area is 127 Å². The molecule has 22 heavy (non-hydrogen) atoms. The lowest BCUT2D eigenvalue weighted by Gasteiger charge is -2.40. The van der Waals surface area contributed by atoms with E-state index in [4.69, 9.17) is 0 Å². The molecule has 3 rings (SSSR count). The van der Waals surface area contributed by atoms with Gasteiger partial charge in [0.2, 0.25) is 11.8 Å². The van der Waals surface area contributed by atoms with E-state index in [1.807, 2.05) is 0 Å². The lowest BCUT2D eigenvalue weighted by Crippen LogP contribution is -2.60. The number of amides is 2. The van der Waals surface area contributed by atoms with Gasteiger partial charge in [-0.15, -0.1) is 0 Å². The number of likely N-dealkylation sites (tertiary alicyclic amines) is 1. The van der Waals surface area contributed by atoms with Gasteiger partial charge in [0.05, 0.1) is 6.42 Å². The van der Waals surface area contributed by atoms with Gasteiger partial charge in [-0.2, -0.15) is 0 Å². The molecular formula is C16H18F2N2O2. The Morgan fingerprint density at radius 2 is 2.05 bits per heavy atom. The number of benzene rings is 1. The van der Waals surface area contributed by atoms with Crippen molar-refractivity contribution in [3.8, 4) is 0 Å². The van der Waals surface area contributed by atoms with Crippen LogP contribution in [-0.4, -0.2) is 35.3 Å². The summed E-state index contributed by atoms with van der Waals surface area (Å²) in [6.07, 6.45) is 2.62. The fourth-order valence-electron chi connectivity index (χ4n) is 3.54. The average molecular weight is 308 g/mol. The van der Waals surface area contributed by atoms with Crippen LogP contribution in [-0.2, 0) is 16.0 Å². The minimum atomic E-state index is -0.989. The number of nitrogens with one attached hydrogen (secondary N) is 1. The van der Waals surface area contributed by atoms with Gasteiger partial charge in [-0.25, -0.2) is 8.78 Å². The maximum Gasteiger partial charge on any atom is 0.245 e. The maximum absolute atomic E-state index is 13.7. The highest BCUT2D eigenvalue weighted by atomic mass is 19.2. The van der Waals surface area contributed by atoms with E-state index in [2.05, 4.69) is 5.32 Å². The van der Waals surface area contributed by atoms with Crippen LogP contribution in [0.5, 0.6) is 0 Å². The standard InChI is InChI=1S/C16H18F2N2O2/c17-12-5-1-4-11(14(12)18)10-13(21)20-9-3-7-16(20)6-2-8-19-15(16)22/h1,4-5H,2-3,6-10H2,(H,19,22). The number of carbonyl (C=O) groups is 2. The van der Waals surface area contributed by atoms with Crippen molar-refractivity contribution >= 4 is 11.8 Å². The highest BCUT2D eigenvalue weighted by Gasteiger charge is 2.50. The topological polar surface area (TPSA) is 49.4 Å². The fraction of sp³-hybridized carbons (Fsp3) is 0.500. The first-order chi connectivity index (χ1) is 10.5. The fourth-order valence-corrected chi connectivity index (χ4v) is 3.54. The van der Waals surface area contributed by atoms with Crippen molar-refractivity contribution in [2.24, 2.45) is 0 Å². The minimum absolute atomic E-state index is 0.0308. The Morgan fingerprint density at radius 3 is 2.82 bits per heavy atom. The third kappa shape index (κ3) is 2.36. The van der Waals surface area contributed by atoms with Crippen molar-refractivity contribution in [1.82, 2.24) is 10.2 Å². The molecule has 2 saturated heterocycles. The number of hydrogen-bond acceptors (Lipinski definition) is 2. The molecule has 4 nitrogen and oxygen atoms in total. The van der Waals surface area contributed by atoms with Crippen LogP contribution in [0.3, 0.4) is 0 Å². The van der Waals surface area contributed by atoms with E-state index in [0.29, 0.717) is 25.9 Å². The molecule has 0 radical (unpaired) electrons. The molecule has 0 bridgehead atoms.